The molecule has 0 aromatic carbocycles. The summed E-state index contributed by atoms with van der Waals surface area (Å²) < 4.78 is 27.5. The van der Waals surface area contributed by atoms with Crippen molar-refractivity contribution in [3.63, 3.8) is 0 Å². The van der Waals surface area contributed by atoms with Crippen molar-refractivity contribution in [2.45, 2.75) is 39.7 Å². The molecule has 1 unspecified atom stereocenters. The molecule has 0 aliphatic rings. The molecule has 0 radical (unpaired) electrons. The number of guanidine groups is 1. The molecule has 1 aromatic heterocycles. The van der Waals surface area contributed by atoms with E-state index in [4.69, 9.17) is 4.52 Å². The zero-order valence-electron chi connectivity index (χ0n) is 13.9. The van der Waals surface area contributed by atoms with Gasteiger partial charge >= 0.3 is 0 Å². The van der Waals surface area contributed by atoms with Crippen LogP contribution in [0.5, 0.6) is 0 Å². The fraction of sp³-hybridized carbons (Fsp3) is 0.714. The van der Waals surface area contributed by atoms with Crippen LogP contribution in [0, 0.1) is 13.8 Å². The van der Waals surface area contributed by atoms with Gasteiger partial charge in [0.05, 0.1) is 11.4 Å². The lowest BCUT2D eigenvalue weighted by atomic mass is 10.1. The average Bonchev–Trinajstić information content (AvgIpc) is 2.74. The van der Waals surface area contributed by atoms with E-state index in [2.05, 4.69) is 20.8 Å². The Hall–Kier alpha value is -1.57. The summed E-state index contributed by atoms with van der Waals surface area (Å²) in [6, 6.07) is 0.0278. The SMILES string of the molecule is CN=C(NCCc1c(C)noc1C)NC(C)CCS(C)(=O)=O. The van der Waals surface area contributed by atoms with E-state index in [0.29, 0.717) is 18.9 Å². The zero-order valence-corrected chi connectivity index (χ0v) is 14.7. The first-order valence-electron chi connectivity index (χ1n) is 7.29. The van der Waals surface area contributed by atoms with Crippen LogP contribution >= 0.6 is 0 Å². The molecule has 0 bridgehead atoms. The minimum atomic E-state index is -2.94. The number of aliphatic imine (C=N–C) groups is 1. The molecule has 7 nitrogen and oxygen atoms in total. The molecule has 1 heterocycles. The zero-order chi connectivity index (χ0) is 16.8. The lowest BCUT2D eigenvalue weighted by Crippen LogP contribution is -2.43. The Bertz CT molecular complexity index is 588. The number of rotatable bonds is 7. The Morgan fingerprint density at radius 2 is 2.09 bits per heavy atom. The standard InChI is InChI=1S/C14H26N4O3S/c1-10(7-9-22(5,19)20)17-14(15-4)16-8-6-13-11(2)18-21-12(13)3/h10H,6-9H2,1-5H3,(H2,15,16,17). The van der Waals surface area contributed by atoms with Gasteiger partial charge in [-0.25, -0.2) is 8.42 Å². The largest absolute Gasteiger partial charge is 0.361 e. The normalized spacial score (nSPS) is 14.0. The minimum absolute atomic E-state index is 0.0278. The second-order valence-corrected chi connectivity index (χ2v) is 7.78. The number of hydrogen-bond donors (Lipinski definition) is 2. The van der Waals surface area contributed by atoms with Gasteiger partial charge in [-0.15, -0.1) is 0 Å². The summed E-state index contributed by atoms with van der Waals surface area (Å²) in [6.45, 7) is 6.45. The number of nitrogens with one attached hydrogen (secondary N) is 2. The third-order valence-corrected chi connectivity index (χ3v) is 4.35. The lowest BCUT2D eigenvalue weighted by molar-refractivity contribution is 0.392. The van der Waals surface area contributed by atoms with E-state index in [9.17, 15) is 8.42 Å². The fourth-order valence-electron chi connectivity index (χ4n) is 2.06. The molecule has 8 heteroatoms. The maximum absolute atomic E-state index is 11.2. The van der Waals surface area contributed by atoms with Gasteiger partial charge in [0, 0.05) is 31.5 Å². The Labute approximate surface area is 132 Å². The second-order valence-electron chi connectivity index (χ2n) is 5.52. The molecule has 2 N–H and O–H groups in total. The van der Waals surface area contributed by atoms with Gasteiger partial charge in [-0.1, -0.05) is 5.16 Å². The van der Waals surface area contributed by atoms with Gasteiger partial charge in [-0.2, -0.15) is 0 Å². The average molecular weight is 330 g/mol. The second kappa shape index (κ2) is 8.17. The fourth-order valence-corrected chi connectivity index (χ4v) is 2.84. The maximum Gasteiger partial charge on any atom is 0.191 e. The smallest absolute Gasteiger partial charge is 0.191 e. The molecule has 126 valence electrons. The van der Waals surface area contributed by atoms with Gasteiger partial charge in [-0.3, -0.25) is 4.99 Å². The molecule has 1 atom stereocenters. The van der Waals surface area contributed by atoms with Crippen molar-refractivity contribution in [3.05, 3.63) is 17.0 Å². The first-order valence-corrected chi connectivity index (χ1v) is 9.35. The Kier molecular flexibility index (Phi) is 6.86. The van der Waals surface area contributed by atoms with Crippen LogP contribution in [0.25, 0.3) is 0 Å². The van der Waals surface area contributed by atoms with E-state index in [0.717, 1.165) is 23.4 Å². The van der Waals surface area contributed by atoms with Crippen LogP contribution in [0.15, 0.2) is 9.52 Å². The van der Waals surface area contributed by atoms with Gasteiger partial charge in [0.1, 0.15) is 15.6 Å². The number of nitrogens with zero attached hydrogens (tertiary/aromatic N) is 2. The lowest BCUT2D eigenvalue weighted by Gasteiger charge is -2.17. The predicted octanol–water partition coefficient (Wildman–Crippen LogP) is 0.822. The molecule has 0 aliphatic carbocycles. The summed E-state index contributed by atoms with van der Waals surface area (Å²) in [6.07, 6.45) is 2.58. The molecule has 1 rings (SSSR count). The Morgan fingerprint density at radius 1 is 1.41 bits per heavy atom. The van der Waals surface area contributed by atoms with E-state index in [1.165, 1.54) is 6.26 Å². The van der Waals surface area contributed by atoms with Crippen LogP contribution in [-0.4, -0.2) is 51.2 Å². The minimum Gasteiger partial charge on any atom is -0.361 e. The first-order chi connectivity index (χ1) is 10.2. The monoisotopic (exact) mass is 330 g/mol. The molecular weight excluding hydrogens is 304 g/mol. The number of aryl methyl sites for hydroxylation is 2. The van der Waals surface area contributed by atoms with E-state index in [1.54, 1.807) is 7.05 Å². The summed E-state index contributed by atoms with van der Waals surface area (Å²) in [5.74, 6) is 1.66. The highest BCUT2D eigenvalue weighted by Crippen LogP contribution is 2.11. The Morgan fingerprint density at radius 3 is 2.59 bits per heavy atom. The molecule has 0 amide bonds. The summed E-state index contributed by atoms with van der Waals surface area (Å²) >= 11 is 0. The number of aromatic nitrogens is 1. The molecule has 1 aromatic rings. The summed E-state index contributed by atoms with van der Waals surface area (Å²) in [4.78, 5) is 4.14. The van der Waals surface area contributed by atoms with Crippen molar-refractivity contribution in [2.75, 3.05) is 25.6 Å². The van der Waals surface area contributed by atoms with Crippen molar-refractivity contribution in [1.82, 2.24) is 15.8 Å². The number of hydrogen-bond acceptors (Lipinski definition) is 5. The van der Waals surface area contributed by atoms with E-state index >= 15 is 0 Å². The first kappa shape index (κ1) is 18.5. The molecule has 0 spiro atoms. The quantitative estimate of drug-likeness (QED) is 0.567. The van der Waals surface area contributed by atoms with Gasteiger partial charge in [0.15, 0.2) is 5.96 Å². The summed E-state index contributed by atoms with van der Waals surface area (Å²) in [5, 5.41) is 10.3. The van der Waals surface area contributed by atoms with Crippen LogP contribution in [0.4, 0.5) is 0 Å². The number of sulfone groups is 1. The van der Waals surface area contributed by atoms with Crippen LogP contribution in [0.1, 0.15) is 30.4 Å². The highest BCUT2D eigenvalue weighted by molar-refractivity contribution is 7.90. The van der Waals surface area contributed by atoms with E-state index in [1.807, 2.05) is 20.8 Å². The van der Waals surface area contributed by atoms with Crippen LogP contribution in [-0.2, 0) is 16.3 Å². The van der Waals surface area contributed by atoms with Gasteiger partial charge in [-0.05, 0) is 33.6 Å². The summed E-state index contributed by atoms with van der Waals surface area (Å²) in [5.41, 5.74) is 2.01. The highest BCUT2D eigenvalue weighted by Gasteiger charge is 2.11. The van der Waals surface area contributed by atoms with Crippen LogP contribution in [0.2, 0.25) is 0 Å². The van der Waals surface area contributed by atoms with Gasteiger partial charge in [0.25, 0.3) is 0 Å². The van der Waals surface area contributed by atoms with Crippen molar-refractivity contribution in [3.8, 4) is 0 Å². The molecule has 22 heavy (non-hydrogen) atoms. The van der Waals surface area contributed by atoms with Crippen LogP contribution in [0.3, 0.4) is 0 Å². The molecule has 0 aliphatic heterocycles. The molecular formula is C14H26N4O3S. The van der Waals surface area contributed by atoms with E-state index in [-0.39, 0.29) is 11.8 Å². The van der Waals surface area contributed by atoms with Crippen molar-refractivity contribution in [2.24, 2.45) is 4.99 Å². The Balaban J connectivity index is 2.40. The van der Waals surface area contributed by atoms with E-state index < -0.39 is 9.84 Å². The summed E-state index contributed by atoms with van der Waals surface area (Å²) in [7, 11) is -1.25. The topological polar surface area (TPSA) is 96.6 Å². The molecule has 0 saturated carbocycles. The molecule has 0 fully saturated rings. The molecule has 0 saturated heterocycles. The van der Waals surface area contributed by atoms with Gasteiger partial charge in [0.2, 0.25) is 0 Å². The maximum atomic E-state index is 11.2. The van der Waals surface area contributed by atoms with Gasteiger partial charge < -0.3 is 15.2 Å². The van der Waals surface area contributed by atoms with Crippen molar-refractivity contribution < 1.29 is 12.9 Å². The van der Waals surface area contributed by atoms with Crippen LogP contribution < -0.4 is 10.6 Å². The third-order valence-electron chi connectivity index (χ3n) is 3.38. The third kappa shape index (κ3) is 6.46. The highest BCUT2D eigenvalue weighted by atomic mass is 32.2. The van der Waals surface area contributed by atoms with Crippen molar-refractivity contribution >= 4 is 15.8 Å². The van der Waals surface area contributed by atoms with Crippen molar-refractivity contribution in [1.29, 1.82) is 0 Å². The predicted molar refractivity (Wildman–Crippen MR) is 88.0 cm³/mol.